The molecule has 3 aromatic rings. The molecular weight excluding hydrogens is 376 g/mol. The third-order valence-electron chi connectivity index (χ3n) is 3.93. The number of amides is 1. The lowest BCUT2D eigenvalue weighted by Gasteiger charge is -2.12. The molecule has 0 bridgehead atoms. The summed E-state index contributed by atoms with van der Waals surface area (Å²) in [5.74, 6) is -2.80. The molecule has 3 N–H and O–H groups in total. The van der Waals surface area contributed by atoms with Gasteiger partial charge in [0, 0.05) is 24.1 Å². The summed E-state index contributed by atoms with van der Waals surface area (Å²) in [5.41, 5.74) is 0.167. The van der Waals surface area contributed by atoms with Crippen molar-refractivity contribution in [2.45, 2.75) is 0 Å². The first-order valence-corrected chi connectivity index (χ1v) is 8.01. The van der Waals surface area contributed by atoms with Gasteiger partial charge in [-0.25, -0.2) is 9.97 Å². The van der Waals surface area contributed by atoms with Crippen LogP contribution in [0.5, 0.6) is 5.75 Å². The highest BCUT2D eigenvalue weighted by atomic mass is 35.5. The topological polar surface area (TPSA) is 134 Å². The van der Waals surface area contributed by atoms with Crippen LogP contribution in [0.25, 0.3) is 22.2 Å². The van der Waals surface area contributed by atoms with Crippen molar-refractivity contribution in [3.05, 3.63) is 51.7 Å². The lowest BCUT2D eigenvalue weighted by atomic mass is 10.0. The number of benzene rings is 1. The van der Waals surface area contributed by atoms with Gasteiger partial charge in [0.1, 0.15) is 29.3 Å². The van der Waals surface area contributed by atoms with Crippen molar-refractivity contribution in [3.63, 3.8) is 0 Å². The van der Waals surface area contributed by atoms with E-state index in [0.29, 0.717) is 16.8 Å². The number of aliphatic carboxylic acids is 1. The van der Waals surface area contributed by atoms with Gasteiger partial charge in [-0.15, -0.1) is 0 Å². The Kier molecular flexibility index (Phi) is 4.78. The Balaban J connectivity index is 2.20. The fourth-order valence-electron chi connectivity index (χ4n) is 2.63. The van der Waals surface area contributed by atoms with E-state index < -0.39 is 35.3 Å². The molecule has 0 spiro atoms. The first kappa shape index (κ1) is 18.3. The molecule has 27 heavy (non-hydrogen) atoms. The molecule has 0 saturated carbocycles. The number of aromatic nitrogens is 3. The van der Waals surface area contributed by atoms with Crippen molar-refractivity contribution in [1.29, 1.82) is 0 Å². The number of halogens is 1. The predicted molar refractivity (Wildman–Crippen MR) is 96.9 cm³/mol. The molecule has 0 aliphatic carbocycles. The summed E-state index contributed by atoms with van der Waals surface area (Å²) < 4.78 is 1.20. The zero-order chi connectivity index (χ0) is 19.7. The molecule has 10 heteroatoms. The highest BCUT2D eigenvalue weighted by Gasteiger charge is 2.22. The number of hydrogen-bond donors (Lipinski definition) is 3. The molecule has 0 unspecified atom stereocenters. The number of rotatable bonds is 4. The van der Waals surface area contributed by atoms with Crippen molar-refractivity contribution in [2.24, 2.45) is 7.05 Å². The number of nitrogens with one attached hydrogen (secondary N) is 1. The Morgan fingerprint density at radius 3 is 2.67 bits per heavy atom. The summed E-state index contributed by atoms with van der Waals surface area (Å²) in [6.07, 6.45) is 1.28. The average molecular weight is 389 g/mol. The molecule has 3 rings (SSSR count). The van der Waals surface area contributed by atoms with E-state index in [9.17, 15) is 19.5 Å². The monoisotopic (exact) mass is 388 g/mol. The third-order valence-corrected chi connectivity index (χ3v) is 4.13. The van der Waals surface area contributed by atoms with Crippen LogP contribution in [0, 0.1) is 0 Å². The number of carbonyl (C=O) groups is 2. The van der Waals surface area contributed by atoms with Gasteiger partial charge in [0.2, 0.25) is 0 Å². The Hall–Kier alpha value is -3.46. The number of carboxylic acid groups (broad SMARTS) is 1. The van der Waals surface area contributed by atoms with Crippen LogP contribution in [0.1, 0.15) is 10.4 Å². The highest BCUT2D eigenvalue weighted by molar-refractivity contribution is 6.29. The van der Waals surface area contributed by atoms with Crippen LogP contribution in [0.15, 0.2) is 35.4 Å². The maximum Gasteiger partial charge on any atom is 0.322 e. The normalized spacial score (nSPS) is 10.7. The van der Waals surface area contributed by atoms with E-state index in [1.807, 2.05) is 0 Å². The molecule has 0 fully saturated rings. The van der Waals surface area contributed by atoms with Crippen LogP contribution in [0.2, 0.25) is 5.15 Å². The van der Waals surface area contributed by atoms with Crippen LogP contribution in [-0.4, -0.2) is 43.2 Å². The molecule has 2 heterocycles. The largest absolute Gasteiger partial charge is 0.506 e. The standard InChI is InChI=1S/C17H13ClN4O5/c1-22-11-3-2-8(10-5-12(18)21-7-20-10)4-9(11)15(25)14(17(22)27)16(26)19-6-13(23)24/h2-5,7,25H,6H2,1H3,(H,19,26)(H,23,24). The van der Waals surface area contributed by atoms with Crippen LogP contribution in [0.3, 0.4) is 0 Å². The molecule has 0 atom stereocenters. The smallest absolute Gasteiger partial charge is 0.322 e. The second kappa shape index (κ2) is 7.04. The van der Waals surface area contributed by atoms with E-state index in [2.05, 4.69) is 15.3 Å². The fraction of sp³-hybridized carbons (Fsp3) is 0.118. The predicted octanol–water partition coefficient (Wildman–Crippen LogP) is 1.17. The number of carbonyl (C=O) groups excluding carboxylic acids is 1. The van der Waals surface area contributed by atoms with Crippen LogP contribution in [0.4, 0.5) is 0 Å². The minimum atomic E-state index is -1.27. The molecular formula is C17H13ClN4O5. The molecule has 2 aromatic heterocycles. The van der Waals surface area contributed by atoms with Crippen molar-refractivity contribution in [1.82, 2.24) is 19.9 Å². The van der Waals surface area contributed by atoms with E-state index in [1.54, 1.807) is 18.2 Å². The van der Waals surface area contributed by atoms with Gasteiger partial charge < -0.3 is 20.1 Å². The van der Waals surface area contributed by atoms with E-state index in [-0.39, 0.29) is 10.5 Å². The zero-order valence-corrected chi connectivity index (χ0v) is 14.7. The summed E-state index contributed by atoms with van der Waals surface area (Å²) in [6.45, 7) is -0.682. The molecule has 0 radical (unpaired) electrons. The second-order valence-corrected chi connectivity index (χ2v) is 6.01. The van der Waals surface area contributed by atoms with Crippen LogP contribution < -0.4 is 10.9 Å². The van der Waals surface area contributed by atoms with Crippen molar-refractivity contribution in [2.75, 3.05) is 6.54 Å². The Morgan fingerprint density at radius 1 is 1.26 bits per heavy atom. The number of aryl methyl sites for hydroxylation is 1. The molecule has 138 valence electrons. The maximum atomic E-state index is 12.4. The minimum absolute atomic E-state index is 0.227. The first-order chi connectivity index (χ1) is 12.8. The molecule has 9 nitrogen and oxygen atoms in total. The number of pyridine rings is 1. The average Bonchev–Trinajstić information content (AvgIpc) is 2.64. The Morgan fingerprint density at radius 2 is 2.00 bits per heavy atom. The summed E-state index contributed by atoms with van der Waals surface area (Å²) in [4.78, 5) is 43.2. The number of carboxylic acids is 1. The van der Waals surface area contributed by atoms with Gasteiger partial charge in [0.05, 0.1) is 11.2 Å². The number of aromatic hydroxyl groups is 1. The van der Waals surface area contributed by atoms with Crippen molar-refractivity contribution < 1.29 is 19.8 Å². The van der Waals surface area contributed by atoms with Gasteiger partial charge in [0.15, 0.2) is 0 Å². The number of fused-ring (bicyclic) bond motifs is 1. The second-order valence-electron chi connectivity index (χ2n) is 5.62. The Labute approximate surface area is 156 Å². The van der Waals surface area contributed by atoms with Gasteiger partial charge in [0.25, 0.3) is 11.5 Å². The minimum Gasteiger partial charge on any atom is -0.506 e. The van der Waals surface area contributed by atoms with Gasteiger partial charge >= 0.3 is 5.97 Å². The molecule has 1 amide bonds. The van der Waals surface area contributed by atoms with Gasteiger partial charge in [-0.1, -0.05) is 17.7 Å². The van der Waals surface area contributed by atoms with Crippen LogP contribution >= 0.6 is 11.6 Å². The molecule has 1 aromatic carbocycles. The summed E-state index contributed by atoms with van der Waals surface area (Å²) in [6, 6.07) is 6.36. The number of nitrogens with zero attached hydrogens (tertiary/aromatic N) is 3. The third kappa shape index (κ3) is 3.44. The molecule has 0 aliphatic heterocycles. The lowest BCUT2D eigenvalue weighted by molar-refractivity contribution is -0.135. The van der Waals surface area contributed by atoms with E-state index in [0.717, 1.165) is 0 Å². The van der Waals surface area contributed by atoms with Gasteiger partial charge in [-0.3, -0.25) is 14.4 Å². The summed E-state index contributed by atoms with van der Waals surface area (Å²) in [7, 11) is 1.44. The maximum absolute atomic E-state index is 12.4. The van der Waals surface area contributed by atoms with E-state index >= 15 is 0 Å². The summed E-state index contributed by atoms with van der Waals surface area (Å²) >= 11 is 5.87. The quantitative estimate of drug-likeness (QED) is 0.571. The van der Waals surface area contributed by atoms with Crippen LogP contribution in [-0.2, 0) is 11.8 Å². The SMILES string of the molecule is Cn1c(=O)c(C(=O)NCC(=O)O)c(O)c2cc(-c3cc(Cl)ncn3)ccc21. The first-order valence-electron chi connectivity index (χ1n) is 7.63. The highest BCUT2D eigenvalue weighted by Crippen LogP contribution is 2.30. The number of hydrogen-bond acceptors (Lipinski definition) is 6. The van der Waals surface area contributed by atoms with E-state index in [1.165, 1.54) is 24.0 Å². The van der Waals surface area contributed by atoms with Gasteiger partial charge in [-0.05, 0) is 12.1 Å². The molecule has 0 saturated heterocycles. The summed E-state index contributed by atoms with van der Waals surface area (Å²) in [5, 5.41) is 21.7. The zero-order valence-electron chi connectivity index (χ0n) is 13.9. The fourth-order valence-corrected chi connectivity index (χ4v) is 2.78. The van der Waals surface area contributed by atoms with Crippen molar-refractivity contribution in [3.8, 4) is 17.0 Å². The van der Waals surface area contributed by atoms with Crippen molar-refractivity contribution >= 4 is 34.4 Å². The molecule has 0 aliphatic rings. The van der Waals surface area contributed by atoms with E-state index in [4.69, 9.17) is 16.7 Å². The van der Waals surface area contributed by atoms with Gasteiger partial charge in [-0.2, -0.15) is 0 Å². The lowest BCUT2D eigenvalue weighted by Crippen LogP contribution is -2.35. The Bertz CT molecular complexity index is 1140.